The SMILES string of the molecule is O=C(Nc1ccc(Cl)cc1)c1ccccc1[Se]CCOc1ccccc1. The Balaban J connectivity index is 1.58. The van der Waals surface area contributed by atoms with Crippen LogP contribution in [0.25, 0.3) is 0 Å². The van der Waals surface area contributed by atoms with E-state index in [0.717, 1.165) is 21.2 Å². The standard InChI is InChI=1S/C21H18ClNO2Se/c22-16-10-12-17(13-11-16)23-21(24)19-8-4-5-9-20(19)26-15-14-25-18-6-2-1-3-7-18/h1-13H,14-15H2,(H,23,24). The fourth-order valence-electron chi connectivity index (χ4n) is 2.34. The first-order chi connectivity index (χ1) is 12.7. The average Bonchev–Trinajstić information content (AvgIpc) is 2.68. The van der Waals surface area contributed by atoms with Gasteiger partial charge in [-0.1, -0.05) is 0 Å². The minimum atomic E-state index is -0.103. The molecular weight excluding hydrogens is 413 g/mol. The first-order valence-corrected chi connectivity index (χ1v) is 10.6. The Kier molecular flexibility index (Phi) is 6.73. The molecular formula is C21H18ClNO2Se. The van der Waals surface area contributed by atoms with Crippen LogP contribution in [0.3, 0.4) is 0 Å². The fourth-order valence-corrected chi connectivity index (χ4v) is 4.31. The second kappa shape index (κ2) is 9.44. The zero-order valence-electron chi connectivity index (χ0n) is 14.0. The van der Waals surface area contributed by atoms with Crippen LogP contribution in [-0.4, -0.2) is 27.5 Å². The number of anilines is 1. The minimum absolute atomic E-state index is 0.103. The second-order valence-corrected chi connectivity index (χ2v) is 8.29. The van der Waals surface area contributed by atoms with Gasteiger partial charge in [-0.15, -0.1) is 0 Å². The summed E-state index contributed by atoms with van der Waals surface area (Å²) in [4.78, 5) is 12.6. The van der Waals surface area contributed by atoms with Crippen LogP contribution in [0, 0.1) is 0 Å². The third-order valence-corrected chi connectivity index (χ3v) is 6.02. The number of halogens is 1. The van der Waals surface area contributed by atoms with Gasteiger partial charge < -0.3 is 0 Å². The third-order valence-electron chi connectivity index (χ3n) is 3.59. The number of amides is 1. The number of carbonyl (C=O) groups is 1. The van der Waals surface area contributed by atoms with Crippen molar-refractivity contribution in [2.24, 2.45) is 0 Å². The molecule has 26 heavy (non-hydrogen) atoms. The van der Waals surface area contributed by atoms with Crippen molar-refractivity contribution in [1.82, 2.24) is 0 Å². The third kappa shape index (κ3) is 5.37. The van der Waals surface area contributed by atoms with Crippen molar-refractivity contribution < 1.29 is 9.53 Å². The van der Waals surface area contributed by atoms with Crippen molar-refractivity contribution in [3.8, 4) is 5.75 Å². The maximum atomic E-state index is 12.6. The van der Waals surface area contributed by atoms with Gasteiger partial charge >= 0.3 is 165 Å². The summed E-state index contributed by atoms with van der Waals surface area (Å²) in [7, 11) is 0. The monoisotopic (exact) mass is 431 g/mol. The zero-order chi connectivity index (χ0) is 18.2. The molecule has 0 aromatic heterocycles. The number of para-hydroxylation sites is 1. The first kappa shape index (κ1) is 18.5. The van der Waals surface area contributed by atoms with E-state index in [-0.39, 0.29) is 20.9 Å². The van der Waals surface area contributed by atoms with E-state index in [9.17, 15) is 4.79 Å². The average molecular weight is 431 g/mol. The van der Waals surface area contributed by atoms with E-state index in [2.05, 4.69) is 5.32 Å². The van der Waals surface area contributed by atoms with Crippen LogP contribution in [0.2, 0.25) is 10.3 Å². The van der Waals surface area contributed by atoms with Crippen molar-refractivity contribution >= 4 is 42.6 Å². The molecule has 0 aliphatic rings. The maximum absolute atomic E-state index is 12.6. The number of benzene rings is 3. The predicted molar refractivity (Wildman–Crippen MR) is 108 cm³/mol. The van der Waals surface area contributed by atoms with Crippen LogP contribution in [0.1, 0.15) is 10.4 Å². The molecule has 1 amide bonds. The summed E-state index contributed by atoms with van der Waals surface area (Å²) >= 11 is 6.04. The van der Waals surface area contributed by atoms with E-state index in [1.165, 1.54) is 0 Å². The van der Waals surface area contributed by atoms with E-state index in [1.54, 1.807) is 24.3 Å². The van der Waals surface area contributed by atoms with Crippen molar-refractivity contribution in [1.29, 1.82) is 0 Å². The molecule has 3 nitrogen and oxygen atoms in total. The molecule has 0 bridgehead atoms. The molecule has 0 aliphatic carbocycles. The Morgan fingerprint density at radius 2 is 1.62 bits per heavy atom. The number of hydrogen-bond acceptors (Lipinski definition) is 2. The summed E-state index contributed by atoms with van der Waals surface area (Å²) in [5.74, 6) is 0.769. The topological polar surface area (TPSA) is 38.3 Å². The molecule has 0 atom stereocenters. The second-order valence-electron chi connectivity index (χ2n) is 5.47. The van der Waals surface area contributed by atoms with Gasteiger partial charge in [-0.2, -0.15) is 0 Å². The summed E-state index contributed by atoms with van der Waals surface area (Å²) in [6, 6.07) is 24.6. The number of hydrogen-bond donors (Lipinski definition) is 1. The normalized spacial score (nSPS) is 10.3. The van der Waals surface area contributed by atoms with Gasteiger partial charge in [0.1, 0.15) is 0 Å². The van der Waals surface area contributed by atoms with Gasteiger partial charge in [0, 0.05) is 0 Å². The molecule has 0 heterocycles. The van der Waals surface area contributed by atoms with E-state index < -0.39 is 0 Å². The van der Waals surface area contributed by atoms with Crippen molar-refractivity contribution in [3.05, 3.63) is 89.4 Å². The van der Waals surface area contributed by atoms with Crippen LogP contribution in [0.15, 0.2) is 78.9 Å². The Morgan fingerprint density at radius 3 is 2.38 bits per heavy atom. The van der Waals surface area contributed by atoms with Crippen molar-refractivity contribution in [2.75, 3.05) is 11.9 Å². The molecule has 5 heteroatoms. The molecule has 1 N–H and O–H groups in total. The molecule has 0 spiro atoms. The molecule has 0 radical (unpaired) electrons. The summed E-state index contributed by atoms with van der Waals surface area (Å²) in [6.07, 6.45) is 0. The van der Waals surface area contributed by atoms with Gasteiger partial charge in [-0.3, -0.25) is 0 Å². The summed E-state index contributed by atoms with van der Waals surface area (Å²) in [5, 5.41) is 4.46. The number of rotatable bonds is 7. The molecule has 0 saturated heterocycles. The molecule has 3 aromatic carbocycles. The van der Waals surface area contributed by atoms with Gasteiger partial charge in [0.2, 0.25) is 0 Å². The van der Waals surface area contributed by atoms with Gasteiger partial charge in [0.15, 0.2) is 0 Å². The van der Waals surface area contributed by atoms with E-state index >= 15 is 0 Å². The Bertz CT molecular complexity index is 853. The molecule has 132 valence electrons. The van der Waals surface area contributed by atoms with Crippen molar-refractivity contribution in [2.45, 2.75) is 5.32 Å². The van der Waals surface area contributed by atoms with Crippen LogP contribution >= 0.6 is 11.6 Å². The van der Waals surface area contributed by atoms with Crippen LogP contribution in [0.4, 0.5) is 5.69 Å². The summed E-state index contributed by atoms with van der Waals surface area (Å²) in [6.45, 7) is 0.636. The van der Waals surface area contributed by atoms with E-state index in [0.29, 0.717) is 17.2 Å². The first-order valence-electron chi connectivity index (χ1n) is 8.19. The molecule has 0 fully saturated rings. The number of ether oxygens (including phenoxy) is 1. The quantitative estimate of drug-likeness (QED) is 0.445. The number of nitrogens with one attached hydrogen (secondary N) is 1. The summed E-state index contributed by atoms with van der Waals surface area (Å²) < 4.78 is 6.81. The van der Waals surface area contributed by atoms with Crippen molar-refractivity contribution in [3.63, 3.8) is 0 Å². The van der Waals surface area contributed by atoms with Crippen LogP contribution < -0.4 is 14.5 Å². The van der Waals surface area contributed by atoms with Crippen LogP contribution in [-0.2, 0) is 0 Å². The molecule has 3 rings (SSSR count). The van der Waals surface area contributed by atoms with Gasteiger partial charge in [0.05, 0.1) is 0 Å². The molecule has 0 saturated carbocycles. The van der Waals surface area contributed by atoms with Gasteiger partial charge in [0.25, 0.3) is 0 Å². The Hall–Kier alpha value is -2.26. The zero-order valence-corrected chi connectivity index (χ0v) is 16.5. The molecule has 3 aromatic rings. The van der Waals surface area contributed by atoms with E-state index in [4.69, 9.17) is 16.3 Å². The Morgan fingerprint density at radius 1 is 0.923 bits per heavy atom. The fraction of sp³-hybridized carbons (Fsp3) is 0.0952. The molecule has 0 unspecified atom stereocenters. The Labute approximate surface area is 164 Å². The predicted octanol–water partition coefficient (Wildman–Crippen LogP) is 4.42. The van der Waals surface area contributed by atoms with Gasteiger partial charge in [-0.05, 0) is 0 Å². The van der Waals surface area contributed by atoms with Crippen LogP contribution in [0.5, 0.6) is 5.75 Å². The van der Waals surface area contributed by atoms with E-state index in [1.807, 2.05) is 54.6 Å². The van der Waals surface area contributed by atoms with Gasteiger partial charge in [-0.25, -0.2) is 0 Å². The number of carbonyl (C=O) groups excluding carboxylic acids is 1. The molecule has 0 aliphatic heterocycles. The summed E-state index contributed by atoms with van der Waals surface area (Å²) in [5.41, 5.74) is 1.44.